The number of hydrogen-bond acceptors (Lipinski definition) is 14. The van der Waals surface area contributed by atoms with Crippen LogP contribution in [0.25, 0.3) is 0 Å². The van der Waals surface area contributed by atoms with E-state index in [0.29, 0.717) is 11.5 Å². The second-order valence-corrected chi connectivity index (χ2v) is 15.7. The zero-order valence-electron chi connectivity index (χ0n) is 34.5. The van der Waals surface area contributed by atoms with E-state index in [1.54, 1.807) is 21.1 Å². The maximum atomic E-state index is 13.7. The van der Waals surface area contributed by atoms with Crippen molar-refractivity contribution in [3.8, 4) is 11.5 Å². The number of ether oxygens (including phenoxy) is 6. The van der Waals surface area contributed by atoms with Crippen LogP contribution in [0.5, 0.6) is 11.5 Å². The van der Waals surface area contributed by atoms with Crippen LogP contribution in [0.2, 0.25) is 0 Å². The molecule has 0 bridgehead atoms. The first kappa shape index (κ1) is 44.1. The molecule has 5 aromatic rings. The van der Waals surface area contributed by atoms with E-state index < -0.39 is 79.2 Å². The minimum absolute atomic E-state index is 0.0141. The molecule has 0 radical (unpaired) electrons. The normalized spacial score (nSPS) is 21.4. The van der Waals surface area contributed by atoms with Crippen LogP contribution >= 0.6 is 8.25 Å². The summed E-state index contributed by atoms with van der Waals surface area (Å²) >= 11 is 0. The number of aromatic nitrogens is 4. The zero-order valence-corrected chi connectivity index (χ0v) is 35.4. The Balaban J connectivity index is 1.18. The number of methoxy groups -OCH3 is 2. The summed E-state index contributed by atoms with van der Waals surface area (Å²) in [5.41, 5.74) is -1.06. The van der Waals surface area contributed by atoms with Crippen molar-refractivity contribution in [2.24, 2.45) is 0 Å². The summed E-state index contributed by atoms with van der Waals surface area (Å²) in [6.07, 6.45) is -3.06. The van der Waals surface area contributed by atoms with E-state index in [9.17, 15) is 28.5 Å². The fraction of sp³-hybridized carbons (Fsp3) is 0.372. The first-order valence-electron chi connectivity index (χ1n) is 19.7. The van der Waals surface area contributed by atoms with Gasteiger partial charge in [-0.25, -0.2) is 9.59 Å². The Morgan fingerprint density at radius 3 is 1.66 bits per heavy atom. The molecule has 2 aromatic heterocycles. The first-order valence-corrected chi connectivity index (χ1v) is 20.8. The van der Waals surface area contributed by atoms with Crippen molar-refractivity contribution in [1.82, 2.24) is 19.1 Å². The van der Waals surface area contributed by atoms with E-state index in [4.69, 9.17) is 37.5 Å². The quantitative estimate of drug-likeness (QED) is 0.0804. The molecule has 0 amide bonds. The number of aromatic amines is 2. The van der Waals surface area contributed by atoms with Crippen LogP contribution in [0.4, 0.5) is 0 Å². The van der Waals surface area contributed by atoms with E-state index in [-0.39, 0.29) is 37.2 Å². The highest BCUT2D eigenvalue weighted by molar-refractivity contribution is 7.33. The third-order valence-corrected chi connectivity index (χ3v) is 11.6. The zero-order chi connectivity index (χ0) is 44.1. The smallest absolute Gasteiger partial charge is 0.497 e. The number of carbonyl (C=O) groups is 1. The minimum Gasteiger partial charge on any atom is -0.497 e. The lowest BCUT2D eigenvalue weighted by Gasteiger charge is -2.37. The predicted molar refractivity (Wildman–Crippen MR) is 221 cm³/mol. The van der Waals surface area contributed by atoms with Crippen LogP contribution in [0.3, 0.4) is 0 Å². The summed E-state index contributed by atoms with van der Waals surface area (Å²) < 4.78 is 63.9. The molecule has 3 aromatic carbocycles. The highest BCUT2D eigenvalue weighted by Gasteiger charge is 2.48. The Bertz CT molecular complexity index is 2580. The number of nitrogens with one attached hydrogen (secondary N) is 2. The molecule has 2 aliphatic heterocycles. The lowest BCUT2D eigenvalue weighted by molar-refractivity contribution is -0.150. The van der Waals surface area contributed by atoms with Gasteiger partial charge in [-0.05, 0) is 54.8 Å². The van der Waals surface area contributed by atoms with E-state index in [1.165, 1.54) is 35.4 Å². The van der Waals surface area contributed by atoms with Crippen molar-refractivity contribution in [3.05, 3.63) is 161 Å². The number of carbonyl (C=O) groups excluding carboxylic acids is 1. The number of benzene rings is 3. The summed E-state index contributed by atoms with van der Waals surface area (Å²) in [4.78, 5) is 66.6. The molecule has 19 heteroatoms. The summed E-state index contributed by atoms with van der Waals surface area (Å²) in [5, 5.41) is 0. The minimum atomic E-state index is -2.94. The molecule has 7 atom stereocenters. The second-order valence-electron chi connectivity index (χ2n) is 14.8. The van der Waals surface area contributed by atoms with Gasteiger partial charge in [-0.2, -0.15) is 0 Å². The van der Waals surface area contributed by atoms with Crippen LogP contribution in [-0.2, 0) is 43.0 Å². The van der Waals surface area contributed by atoms with Crippen LogP contribution in [0.1, 0.15) is 60.0 Å². The highest BCUT2D eigenvalue weighted by atomic mass is 31.1. The molecule has 2 fully saturated rings. The standard InChI is InChI=1S/C43H45N4O14P/c1-25-21-46(41(51)44-39(25)49)37-19-33(58-27(3)48)36(60-37)24-57-62(53)61-34-20-38(47-22-26(2)40(50)45-42(47)52)59-35(34)23-56-43(28-9-7-6-8-10-28,29-11-15-31(54-4)16-12-29)30-13-17-32(55-5)18-14-30/h6-18,21-22,33-38H,19-20,23-24H2,1-5H3,(H-,44,45,49,50,51,52)/p+1/t33-,34-,35+,36+,37+,38+/m0/s1. The number of nitrogens with zero attached hydrogens (tertiary/aromatic N) is 2. The highest BCUT2D eigenvalue weighted by Crippen LogP contribution is 2.44. The molecule has 1 unspecified atom stereocenters. The van der Waals surface area contributed by atoms with Crippen molar-refractivity contribution >= 4 is 14.2 Å². The maximum Gasteiger partial charge on any atom is 0.697 e. The van der Waals surface area contributed by atoms with Gasteiger partial charge in [0.1, 0.15) is 60.6 Å². The van der Waals surface area contributed by atoms with E-state index in [0.717, 1.165) is 16.7 Å². The summed E-state index contributed by atoms with van der Waals surface area (Å²) in [6.45, 7) is 3.73. The third kappa shape index (κ3) is 9.40. The maximum absolute atomic E-state index is 13.7. The van der Waals surface area contributed by atoms with Crippen molar-refractivity contribution in [1.29, 1.82) is 0 Å². The molecular formula is C43H46N4O14P+. The van der Waals surface area contributed by atoms with Gasteiger partial charge in [0, 0.05) is 47.9 Å². The Labute approximate surface area is 355 Å². The van der Waals surface area contributed by atoms with Crippen LogP contribution < -0.4 is 32.0 Å². The molecule has 7 rings (SSSR count). The van der Waals surface area contributed by atoms with E-state index >= 15 is 0 Å². The summed E-state index contributed by atoms with van der Waals surface area (Å²) in [7, 11) is 0.207. The lowest BCUT2D eigenvalue weighted by atomic mass is 9.80. The molecule has 0 aliphatic carbocycles. The molecule has 4 heterocycles. The number of esters is 1. The second kappa shape index (κ2) is 18.9. The van der Waals surface area contributed by atoms with E-state index in [2.05, 4.69) is 9.97 Å². The van der Waals surface area contributed by atoms with Gasteiger partial charge in [0.15, 0.2) is 0 Å². The predicted octanol–water partition coefficient (Wildman–Crippen LogP) is 4.30. The first-order chi connectivity index (χ1) is 29.8. The summed E-state index contributed by atoms with van der Waals surface area (Å²) in [6, 6.07) is 24.4. The fourth-order valence-electron chi connectivity index (χ4n) is 7.65. The van der Waals surface area contributed by atoms with Crippen LogP contribution in [-0.4, -0.2) is 76.9 Å². The van der Waals surface area contributed by atoms with Crippen molar-refractivity contribution in [2.45, 2.75) is 76.1 Å². The molecule has 2 N–H and O–H groups in total. The Morgan fingerprint density at radius 1 is 0.710 bits per heavy atom. The van der Waals surface area contributed by atoms with Gasteiger partial charge in [0.2, 0.25) is 0 Å². The van der Waals surface area contributed by atoms with Gasteiger partial charge < -0.3 is 28.4 Å². The number of hydrogen-bond donors (Lipinski definition) is 2. The molecule has 2 saturated heterocycles. The number of aryl methyl sites for hydroxylation is 2. The van der Waals surface area contributed by atoms with Crippen LogP contribution in [0, 0.1) is 13.8 Å². The van der Waals surface area contributed by atoms with Crippen molar-refractivity contribution in [3.63, 3.8) is 0 Å². The van der Waals surface area contributed by atoms with Gasteiger partial charge in [0.25, 0.3) is 11.1 Å². The molecule has 0 spiro atoms. The van der Waals surface area contributed by atoms with Gasteiger partial charge in [-0.1, -0.05) is 54.6 Å². The van der Waals surface area contributed by atoms with Crippen LogP contribution in [0.15, 0.2) is 110 Å². The Hall–Kier alpha value is -6.01. The van der Waals surface area contributed by atoms with Crippen molar-refractivity contribution in [2.75, 3.05) is 27.4 Å². The average Bonchev–Trinajstić information content (AvgIpc) is 3.86. The molecule has 2 aliphatic rings. The molecule has 62 heavy (non-hydrogen) atoms. The molecular weight excluding hydrogens is 827 g/mol. The fourth-order valence-corrected chi connectivity index (χ4v) is 8.42. The molecule has 18 nitrogen and oxygen atoms in total. The molecule has 0 saturated carbocycles. The Morgan fingerprint density at radius 2 is 1.18 bits per heavy atom. The topological polar surface area (TPSA) is 218 Å². The SMILES string of the molecule is COc1ccc(C(OC[C@H]2O[C@@H](n3cc(C)c(=O)[nH]c3=O)C[C@@H]2O[P+](=O)OC[C@H]2O[C@@H](n3cc(C)c(=O)[nH]c3=O)C[C@@H]2OC(C)=O)(c2ccccc2)c2ccc(OC)cc2)cc1. The number of H-pyrrole nitrogens is 2. The number of rotatable bonds is 16. The third-order valence-electron chi connectivity index (χ3n) is 10.8. The van der Waals surface area contributed by atoms with Gasteiger partial charge in [-0.15, -0.1) is 9.05 Å². The average molecular weight is 874 g/mol. The van der Waals surface area contributed by atoms with Crippen molar-refractivity contribution < 1.29 is 46.8 Å². The van der Waals surface area contributed by atoms with Gasteiger partial charge in [-0.3, -0.25) is 33.5 Å². The van der Waals surface area contributed by atoms with Gasteiger partial charge in [0.05, 0.1) is 20.8 Å². The monoisotopic (exact) mass is 873 g/mol. The Kier molecular flexibility index (Phi) is 13.5. The lowest BCUT2D eigenvalue weighted by Crippen LogP contribution is -2.38. The molecule has 326 valence electrons. The van der Waals surface area contributed by atoms with E-state index in [1.807, 2.05) is 78.9 Å². The summed E-state index contributed by atoms with van der Waals surface area (Å²) in [5.74, 6) is 0.643. The van der Waals surface area contributed by atoms with Gasteiger partial charge >= 0.3 is 25.6 Å². The largest absolute Gasteiger partial charge is 0.697 e.